The van der Waals surface area contributed by atoms with Gasteiger partial charge >= 0.3 is 0 Å². The molecule has 1 saturated heterocycles. The predicted molar refractivity (Wildman–Crippen MR) is 122 cm³/mol. The molecule has 1 fully saturated rings. The van der Waals surface area contributed by atoms with Gasteiger partial charge in [0.25, 0.3) is 0 Å². The molecule has 1 aliphatic heterocycles. The van der Waals surface area contributed by atoms with Crippen LogP contribution in [0.1, 0.15) is 16.7 Å². The van der Waals surface area contributed by atoms with E-state index in [9.17, 15) is 20.4 Å². The van der Waals surface area contributed by atoms with Gasteiger partial charge in [0, 0.05) is 19.3 Å². The summed E-state index contributed by atoms with van der Waals surface area (Å²) in [5, 5.41) is 45.3. The van der Waals surface area contributed by atoms with Gasteiger partial charge in [-0.1, -0.05) is 91.0 Å². The first-order chi connectivity index (χ1) is 15.5. The average Bonchev–Trinajstić information content (AvgIpc) is 2.99. The van der Waals surface area contributed by atoms with Gasteiger partial charge in [-0.15, -0.1) is 0 Å². The van der Waals surface area contributed by atoms with E-state index < -0.39 is 36.1 Å². The Morgan fingerprint density at radius 1 is 0.625 bits per heavy atom. The lowest BCUT2D eigenvalue weighted by atomic mass is 9.65. The summed E-state index contributed by atoms with van der Waals surface area (Å²) in [6.07, 6.45) is -0.770. The van der Waals surface area contributed by atoms with Crippen molar-refractivity contribution >= 4 is 0 Å². The van der Waals surface area contributed by atoms with Crippen LogP contribution < -0.4 is 0 Å². The van der Waals surface area contributed by atoms with Crippen LogP contribution in [0.3, 0.4) is 0 Å². The van der Waals surface area contributed by atoms with Gasteiger partial charge in [0.15, 0.2) is 0 Å². The summed E-state index contributed by atoms with van der Waals surface area (Å²) in [6.45, 7) is -1.00. The van der Waals surface area contributed by atoms with Crippen molar-refractivity contribution in [3.8, 4) is 0 Å². The van der Waals surface area contributed by atoms with E-state index in [0.29, 0.717) is 0 Å². The van der Waals surface area contributed by atoms with Gasteiger partial charge in [0.1, 0.15) is 22.9 Å². The molecule has 0 radical (unpaired) electrons. The van der Waals surface area contributed by atoms with Crippen LogP contribution in [0.25, 0.3) is 0 Å². The largest absolute Gasteiger partial charge is 0.394 e. The van der Waals surface area contributed by atoms with Crippen molar-refractivity contribution in [3.05, 3.63) is 108 Å². The highest BCUT2D eigenvalue weighted by molar-refractivity contribution is 5.33. The molecule has 5 heteroatoms. The first-order valence-electron chi connectivity index (χ1n) is 10.9. The number of ether oxygens (including phenoxy) is 1. The molecule has 0 spiro atoms. The minimum atomic E-state index is -1.88. The number of hydrogen-bond donors (Lipinski definition) is 4. The van der Waals surface area contributed by atoms with E-state index in [0.717, 1.165) is 16.7 Å². The molecule has 32 heavy (non-hydrogen) atoms. The molecule has 1 aliphatic rings. The summed E-state index contributed by atoms with van der Waals surface area (Å²) in [5.41, 5.74) is -2.77. The number of benzene rings is 3. The van der Waals surface area contributed by atoms with Crippen molar-refractivity contribution in [1.29, 1.82) is 0 Å². The second kappa shape index (κ2) is 9.14. The van der Waals surface area contributed by atoms with E-state index >= 15 is 0 Å². The molecule has 0 amide bonds. The summed E-state index contributed by atoms with van der Waals surface area (Å²) in [6, 6.07) is 28.1. The van der Waals surface area contributed by atoms with E-state index in [2.05, 4.69) is 0 Å². The summed E-state index contributed by atoms with van der Waals surface area (Å²) in [7, 11) is 0. The molecular formula is C27H30O5. The zero-order chi connectivity index (χ0) is 22.7. The number of hydrogen-bond acceptors (Lipinski definition) is 5. The van der Waals surface area contributed by atoms with Crippen molar-refractivity contribution < 1.29 is 25.2 Å². The van der Waals surface area contributed by atoms with Gasteiger partial charge in [0.2, 0.25) is 0 Å². The molecule has 0 aliphatic carbocycles. The normalized spacial score (nSPS) is 29.8. The third-order valence-corrected chi connectivity index (χ3v) is 6.74. The minimum Gasteiger partial charge on any atom is -0.394 e. The molecule has 1 heterocycles. The molecule has 4 rings (SSSR count). The smallest absolute Gasteiger partial charge is 0.132 e. The molecule has 168 valence electrons. The Morgan fingerprint density at radius 3 is 1.50 bits per heavy atom. The van der Waals surface area contributed by atoms with Crippen molar-refractivity contribution in [2.24, 2.45) is 0 Å². The van der Waals surface area contributed by atoms with Crippen molar-refractivity contribution in [1.82, 2.24) is 0 Å². The lowest BCUT2D eigenvalue weighted by Gasteiger charge is -2.46. The quantitative estimate of drug-likeness (QED) is 0.437. The Labute approximate surface area is 188 Å². The van der Waals surface area contributed by atoms with Crippen LogP contribution in [0.4, 0.5) is 0 Å². The highest BCUT2D eigenvalue weighted by atomic mass is 16.6. The van der Waals surface area contributed by atoms with Gasteiger partial charge in [-0.05, 0) is 16.7 Å². The van der Waals surface area contributed by atoms with E-state index in [1.165, 1.54) is 0 Å². The second-order valence-electron chi connectivity index (χ2n) is 8.71. The first-order valence-corrected chi connectivity index (χ1v) is 10.9. The molecule has 3 aromatic rings. The fourth-order valence-corrected chi connectivity index (χ4v) is 5.03. The van der Waals surface area contributed by atoms with Crippen LogP contribution in [0.2, 0.25) is 0 Å². The standard InChI is InChI=1S/C27H30O5/c28-19-24-26(30,17-22-12-6-2-7-13-22)27(31,18-23-14-8-3-9-15-23)25(20-29,32-24)16-21-10-4-1-5-11-21/h1-15,24,28-31H,16-20H2/t24-,25+,26+,27+/m0/s1. The molecule has 4 atom stereocenters. The highest BCUT2D eigenvalue weighted by Gasteiger charge is 2.72. The number of aliphatic hydroxyl groups excluding tert-OH is 2. The maximum absolute atomic E-state index is 12.4. The number of aliphatic hydroxyl groups is 4. The lowest BCUT2D eigenvalue weighted by molar-refractivity contribution is -0.184. The Balaban J connectivity index is 1.84. The summed E-state index contributed by atoms with van der Waals surface area (Å²) < 4.78 is 6.23. The Kier molecular flexibility index (Phi) is 6.47. The molecule has 4 N–H and O–H groups in total. The molecule has 0 saturated carbocycles. The van der Waals surface area contributed by atoms with Crippen molar-refractivity contribution in [2.75, 3.05) is 13.2 Å². The molecule has 5 nitrogen and oxygen atoms in total. The fourth-order valence-electron chi connectivity index (χ4n) is 5.03. The Morgan fingerprint density at radius 2 is 1.06 bits per heavy atom. The van der Waals surface area contributed by atoms with Gasteiger partial charge < -0.3 is 25.2 Å². The zero-order valence-electron chi connectivity index (χ0n) is 18.0. The monoisotopic (exact) mass is 434 g/mol. The van der Waals surface area contributed by atoms with Crippen LogP contribution in [0, 0.1) is 0 Å². The summed E-state index contributed by atoms with van der Waals surface area (Å²) in [5.74, 6) is 0. The third kappa shape index (κ3) is 3.87. The highest BCUT2D eigenvalue weighted by Crippen LogP contribution is 2.51. The zero-order valence-corrected chi connectivity index (χ0v) is 18.0. The fraction of sp³-hybridized carbons (Fsp3) is 0.333. The first kappa shape index (κ1) is 22.6. The van der Waals surface area contributed by atoms with Gasteiger partial charge in [-0.25, -0.2) is 0 Å². The maximum atomic E-state index is 12.4. The van der Waals surface area contributed by atoms with Crippen LogP contribution in [0.15, 0.2) is 91.0 Å². The van der Waals surface area contributed by atoms with Crippen LogP contribution in [-0.2, 0) is 24.0 Å². The van der Waals surface area contributed by atoms with Gasteiger partial charge in [0.05, 0.1) is 13.2 Å². The third-order valence-electron chi connectivity index (χ3n) is 6.74. The van der Waals surface area contributed by atoms with Gasteiger partial charge in [-0.3, -0.25) is 0 Å². The number of rotatable bonds is 8. The Bertz CT molecular complexity index is 951. The maximum Gasteiger partial charge on any atom is 0.132 e. The molecular weight excluding hydrogens is 404 g/mol. The Hall–Kier alpha value is -2.54. The SMILES string of the molecule is OC[C@@H]1O[C@@](CO)(Cc2ccccc2)[C@](O)(Cc2ccccc2)[C@@]1(O)Cc1ccccc1. The molecule has 0 unspecified atom stereocenters. The summed E-state index contributed by atoms with van der Waals surface area (Å²) >= 11 is 0. The van der Waals surface area contributed by atoms with E-state index in [1.807, 2.05) is 91.0 Å². The van der Waals surface area contributed by atoms with E-state index in [1.54, 1.807) is 0 Å². The van der Waals surface area contributed by atoms with Crippen LogP contribution in [-0.4, -0.2) is 56.5 Å². The predicted octanol–water partition coefficient (Wildman–Crippen LogP) is 2.30. The van der Waals surface area contributed by atoms with Crippen LogP contribution in [0.5, 0.6) is 0 Å². The van der Waals surface area contributed by atoms with E-state index in [-0.39, 0.29) is 19.3 Å². The summed E-state index contributed by atoms with van der Waals surface area (Å²) in [4.78, 5) is 0. The lowest BCUT2D eigenvalue weighted by Crippen LogP contribution is -2.68. The minimum absolute atomic E-state index is 0.0566. The van der Waals surface area contributed by atoms with Gasteiger partial charge in [-0.2, -0.15) is 0 Å². The topological polar surface area (TPSA) is 90.2 Å². The molecule has 3 aromatic carbocycles. The molecule has 0 aromatic heterocycles. The van der Waals surface area contributed by atoms with Crippen molar-refractivity contribution in [3.63, 3.8) is 0 Å². The van der Waals surface area contributed by atoms with E-state index in [4.69, 9.17) is 4.74 Å². The second-order valence-corrected chi connectivity index (χ2v) is 8.71. The van der Waals surface area contributed by atoms with Crippen molar-refractivity contribution in [2.45, 2.75) is 42.2 Å². The van der Waals surface area contributed by atoms with Crippen LogP contribution >= 0.6 is 0 Å². The average molecular weight is 435 g/mol. The molecule has 0 bridgehead atoms.